The summed E-state index contributed by atoms with van der Waals surface area (Å²) in [6, 6.07) is 13.7. The Balaban J connectivity index is 1.35. The van der Waals surface area contributed by atoms with Gasteiger partial charge in [0.15, 0.2) is 0 Å². The van der Waals surface area contributed by atoms with E-state index < -0.39 is 5.91 Å². The van der Waals surface area contributed by atoms with Crippen molar-refractivity contribution < 1.29 is 24.0 Å². The molecule has 4 N–H and O–H groups in total. The number of quaternary nitrogens is 1. The van der Waals surface area contributed by atoms with Gasteiger partial charge in [0.1, 0.15) is 25.3 Å². The smallest absolute Gasteiger partial charge is 0.257 e. The third-order valence-electron chi connectivity index (χ3n) is 5.34. The van der Waals surface area contributed by atoms with Crippen molar-refractivity contribution in [3.63, 3.8) is 0 Å². The summed E-state index contributed by atoms with van der Waals surface area (Å²) in [6.07, 6.45) is 0.848. The lowest BCUT2D eigenvalue weighted by Gasteiger charge is -2.32. The van der Waals surface area contributed by atoms with Crippen LogP contribution >= 0.6 is 0 Å². The molecule has 1 aliphatic rings. The van der Waals surface area contributed by atoms with E-state index >= 15 is 0 Å². The molecule has 1 fully saturated rings. The van der Waals surface area contributed by atoms with E-state index in [1.165, 1.54) is 4.90 Å². The van der Waals surface area contributed by atoms with Crippen molar-refractivity contribution in [3.05, 3.63) is 48.0 Å². The Hall–Kier alpha value is -2.97. The lowest BCUT2D eigenvalue weighted by atomic mass is 10.0. The van der Waals surface area contributed by atoms with Gasteiger partial charge in [0.2, 0.25) is 11.8 Å². The van der Waals surface area contributed by atoms with Gasteiger partial charge in [-0.25, -0.2) is 0 Å². The molecule has 1 saturated heterocycles. The predicted octanol–water partition coefficient (Wildman–Crippen LogP) is -0.272. The van der Waals surface area contributed by atoms with Gasteiger partial charge in [0.25, 0.3) is 5.91 Å². The van der Waals surface area contributed by atoms with E-state index in [1.807, 2.05) is 56.3 Å². The summed E-state index contributed by atoms with van der Waals surface area (Å²) < 4.78 is 5.69. The Bertz CT molecular complexity index is 917. The number of carbonyl (C=O) groups excluding carboxylic acids is 3. The molecular weight excluding hydrogens is 396 g/mol. The SMILES string of the molecule is C[C@H]1C[NH+](CCC(=O)NNC(=O)CNC(=O)Cc2cccc3ccccc23)C[C@H](C)O1. The van der Waals surface area contributed by atoms with Crippen molar-refractivity contribution in [1.29, 1.82) is 0 Å². The van der Waals surface area contributed by atoms with Crippen LogP contribution in [0.15, 0.2) is 42.5 Å². The van der Waals surface area contributed by atoms with E-state index in [-0.39, 0.29) is 37.0 Å². The number of carbonyl (C=O) groups is 3. The zero-order valence-electron chi connectivity index (χ0n) is 18.1. The highest BCUT2D eigenvalue weighted by Gasteiger charge is 2.25. The summed E-state index contributed by atoms with van der Waals surface area (Å²) in [5.74, 6) is -0.979. The summed E-state index contributed by atoms with van der Waals surface area (Å²) in [7, 11) is 0. The van der Waals surface area contributed by atoms with Crippen molar-refractivity contribution >= 4 is 28.5 Å². The molecule has 2 atom stereocenters. The summed E-state index contributed by atoms with van der Waals surface area (Å²) in [4.78, 5) is 37.5. The minimum Gasteiger partial charge on any atom is -0.364 e. The average Bonchev–Trinajstić information content (AvgIpc) is 2.74. The molecule has 1 aliphatic heterocycles. The maximum Gasteiger partial charge on any atom is 0.257 e. The summed E-state index contributed by atoms with van der Waals surface area (Å²) in [5.41, 5.74) is 5.66. The first-order chi connectivity index (χ1) is 14.9. The second-order valence-corrected chi connectivity index (χ2v) is 8.10. The molecule has 0 spiro atoms. The molecule has 0 saturated carbocycles. The Morgan fingerprint density at radius 1 is 0.935 bits per heavy atom. The van der Waals surface area contributed by atoms with Crippen LogP contribution in [0.1, 0.15) is 25.8 Å². The van der Waals surface area contributed by atoms with Gasteiger partial charge in [0.05, 0.1) is 25.9 Å². The van der Waals surface area contributed by atoms with Crippen LogP contribution in [0.5, 0.6) is 0 Å². The second-order valence-electron chi connectivity index (χ2n) is 8.10. The number of fused-ring (bicyclic) bond motifs is 1. The zero-order chi connectivity index (χ0) is 22.2. The Kier molecular flexibility index (Phi) is 7.97. The molecule has 3 rings (SSSR count). The number of hydrazine groups is 1. The average molecular weight is 428 g/mol. The number of benzene rings is 2. The lowest BCUT2D eigenvalue weighted by Crippen LogP contribution is -3.15. The van der Waals surface area contributed by atoms with Crippen molar-refractivity contribution in [2.75, 3.05) is 26.2 Å². The molecule has 1 heterocycles. The molecule has 31 heavy (non-hydrogen) atoms. The first kappa shape index (κ1) is 22.7. The zero-order valence-corrected chi connectivity index (χ0v) is 18.1. The van der Waals surface area contributed by atoms with Crippen LogP contribution < -0.4 is 21.1 Å². The molecule has 0 unspecified atom stereocenters. The van der Waals surface area contributed by atoms with Gasteiger partial charge in [0, 0.05) is 0 Å². The van der Waals surface area contributed by atoms with Gasteiger partial charge < -0.3 is 15.0 Å². The number of hydrogen-bond donors (Lipinski definition) is 4. The largest absolute Gasteiger partial charge is 0.364 e. The second kappa shape index (κ2) is 10.9. The normalized spacial score (nSPS) is 20.8. The molecule has 8 heteroatoms. The third-order valence-corrected chi connectivity index (χ3v) is 5.34. The van der Waals surface area contributed by atoms with Gasteiger partial charge in [-0.1, -0.05) is 42.5 Å². The first-order valence-corrected chi connectivity index (χ1v) is 10.7. The molecular formula is C23H31N4O4+. The van der Waals surface area contributed by atoms with E-state index in [0.717, 1.165) is 29.4 Å². The van der Waals surface area contributed by atoms with Crippen LogP contribution in [0.3, 0.4) is 0 Å². The van der Waals surface area contributed by atoms with Crippen LogP contribution in [0.2, 0.25) is 0 Å². The first-order valence-electron chi connectivity index (χ1n) is 10.7. The van der Waals surface area contributed by atoms with Crippen LogP contribution in [0.25, 0.3) is 10.8 Å². The number of ether oxygens (including phenoxy) is 1. The van der Waals surface area contributed by atoms with Crippen LogP contribution in [-0.2, 0) is 25.5 Å². The Morgan fingerprint density at radius 3 is 2.39 bits per heavy atom. The molecule has 8 nitrogen and oxygen atoms in total. The monoisotopic (exact) mass is 427 g/mol. The Morgan fingerprint density at radius 2 is 1.61 bits per heavy atom. The van der Waals surface area contributed by atoms with E-state index in [0.29, 0.717) is 13.0 Å². The predicted molar refractivity (Wildman–Crippen MR) is 117 cm³/mol. The maximum absolute atomic E-state index is 12.2. The van der Waals surface area contributed by atoms with Gasteiger partial charge in [-0.2, -0.15) is 0 Å². The number of hydrogen-bond acceptors (Lipinski definition) is 4. The number of nitrogens with one attached hydrogen (secondary N) is 4. The Labute approximate surface area is 182 Å². The van der Waals surface area contributed by atoms with E-state index in [1.54, 1.807) is 0 Å². The summed E-state index contributed by atoms with van der Waals surface area (Å²) in [5, 5.41) is 4.68. The third kappa shape index (κ3) is 7.04. The number of rotatable bonds is 7. The summed E-state index contributed by atoms with van der Waals surface area (Å²) in [6.45, 7) is 6.28. The van der Waals surface area contributed by atoms with E-state index in [2.05, 4.69) is 16.2 Å². The fourth-order valence-electron chi connectivity index (χ4n) is 3.99. The minimum absolute atomic E-state index is 0.180. The minimum atomic E-state index is -0.472. The standard InChI is InChI=1S/C23H30N4O4/c1-16-14-27(15-17(2)31-16)11-10-21(28)25-26-23(30)13-24-22(29)12-19-8-5-7-18-6-3-4-9-20(18)19/h3-9,16-17H,10-15H2,1-2H3,(H,24,29)(H,25,28)(H,26,30)/p+1/t16-,17-/m0/s1. The topological polar surface area (TPSA) is 101 Å². The van der Waals surface area contributed by atoms with Crippen molar-refractivity contribution in [2.24, 2.45) is 0 Å². The van der Waals surface area contributed by atoms with Gasteiger partial charge in [-0.3, -0.25) is 25.2 Å². The van der Waals surface area contributed by atoms with E-state index in [4.69, 9.17) is 4.74 Å². The quantitative estimate of drug-likeness (QED) is 0.457. The summed E-state index contributed by atoms with van der Waals surface area (Å²) >= 11 is 0. The molecule has 0 radical (unpaired) electrons. The molecule has 0 aromatic heterocycles. The van der Waals surface area contributed by atoms with Crippen LogP contribution in [0, 0.1) is 0 Å². The molecule has 166 valence electrons. The van der Waals surface area contributed by atoms with Gasteiger partial charge >= 0.3 is 0 Å². The van der Waals surface area contributed by atoms with Crippen molar-refractivity contribution in [3.8, 4) is 0 Å². The highest BCUT2D eigenvalue weighted by molar-refractivity contribution is 5.91. The van der Waals surface area contributed by atoms with Crippen molar-refractivity contribution in [1.82, 2.24) is 16.2 Å². The number of amides is 3. The van der Waals surface area contributed by atoms with Crippen LogP contribution in [0.4, 0.5) is 0 Å². The highest BCUT2D eigenvalue weighted by atomic mass is 16.5. The van der Waals surface area contributed by atoms with Gasteiger partial charge in [-0.05, 0) is 30.2 Å². The highest BCUT2D eigenvalue weighted by Crippen LogP contribution is 2.18. The molecule has 0 aliphatic carbocycles. The molecule has 0 bridgehead atoms. The van der Waals surface area contributed by atoms with Crippen molar-refractivity contribution in [2.45, 2.75) is 38.9 Å². The molecule has 2 aromatic rings. The number of morpholine rings is 1. The van der Waals surface area contributed by atoms with Gasteiger partial charge in [-0.15, -0.1) is 0 Å². The molecule has 2 aromatic carbocycles. The lowest BCUT2D eigenvalue weighted by molar-refractivity contribution is -0.914. The maximum atomic E-state index is 12.2. The fraction of sp³-hybridized carbons (Fsp3) is 0.435. The van der Waals surface area contributed by atoms with E-state index in [9.17, 15) is 14.4 Å². The van der Waals surface area contributed by atoms with Crippen LogP contribution in [-0.4, -0.2) is 56.1 Å². The fourth-order valence-corrected chi connectivity index (χ4v) is 3.99. The molecule has 3 amide bonds.